The normalized spacial score (nSPS) is 30.7. The van der Waals surface area contributed by atoms with E-state index in [2.05, 4.69) is 0 Å². The third-order valence-electron chi connectivity index (χ3n) is 5.20. The molecule has 0 saturated heterocycles. The van der Waals surface area contributed by atoms with E-state index in [1.807, 2.05) is 0 Å². The largest absolute Gasteiger partial charge is 0.507 e. The number of rotatable bonds is 0. The molecule has 1 aromatic carbocycles. The van der Waals surface area contributed by atoms with Gasteiger partial charge in [0.05, 0.1) is 5.56 Å². The van der Waals surface area contributed by atoms with Crippen LogP contribution in [0.3, 0.4) is 0 Å². The first-order valence-electron chi connectivity index (χ1n) is 7.72. The predicted molar refractivity (Wildman–Crippen MR) is 86.2 cm³/mol. The van der Waals surface area contributed by atoms with Crippen molar-refractivity contribution in [3.63, 3.8) is 0 Å². The average molecular weight is 338 g/mol. The van der Waals surface area contributed by atoms with E-state index in [0.29, 0.717) is 0 Å². The molecule has 0 amide bonds. The number of carbonyl (C=O) groups is 3. The topological polar surface area (TPSA) is 112 Å². The van der Waals surface area contributed by atoms with Crippen LogP contribution in [0, 0.1) is 0 Å². The lowest BCUT2D eigenvalue weighted by atomic mass is 9.60. The number of carbonyl (C=O) groups excluding carboxylic acids is 3. The van der Waals surface area contributed by atoms with E-state index >= 15 is 0 Å². The molecule has 6 nitrogen and oxygen atoms in total. The quantitative estimate of drug-likeness (QED) is 0.651. The Morgan fingerprint density at radius 3 is 2.52 bits per heavy atom. The van der Waals surface area contributed by atoms with Crippen molar-refractivity contribution in [1.29, 1.82) is 0 Å². The Kier molecular flexibility index (Phi) is 2.90. The molecule has 3 N–H and O–H groups in total. The highest BCUT2D eigenvalue weighted by atomic mass is 16.4. The van der Waals surface area contributed by atoms with Gasteiger partial charge in [-0.3, -0.25) is 14.4 Å². The summed E-state index contributed by atoms with van der Waals surface area (Å²) in [5.41, 5.74) is -4.62. The van der Waals surface area contributed by atoms with Crippen molar-refractivity contribution in [2.45, 2.75) is 24.5 Å². The summed E-state index contributed by atoms with van der Waals surface area (Å²) in [6.45, 7) is 1.48. The number of Topliss-reactive ketones (excluding diaryl/α,β-unsaturated/α-hetero) is 2. The summed E-state index contributed by atoms with van der Waals surface area (Å²) < 4.78 is 0. The van der Waals surface area contributed by atoms with Gasteiger partial charge in [0.2, 0.25) is 0 Å². The highest BCUT2D eigenvalue weighted by molar-refractivity contribution is 6.30. The van der Waals surface area contributed by atoms with E-state index < -0.39 is 35.0 Å². The predicted octanol–water partition coefficient (Wildman–Crippen LogP) is 1.02. The van der Waals surface area contributed by atoms with Crippen molar-refractivity contribution in [3.8, 4) is 5.75 Å². The fraction of sp³-hybridized carbons (Fsp3) is 0.211. The number of ketones is 3. The zero-order valence-corrected chi connectivity index (χ0v) is 13.2. The van der Waals surface area contributed by atoms with Crippen LogP contribution < -0.4 is 0 Å². The Hall–Kier alpha value is -2.83. The number of fused-ring (bicyclic) bond motifs is 3. The summed E-state index contributed by atoms with van der Waals surface area (Å²) in [5.74, 6) is -2.10. The average Bonchev–Trinajstić information content (AvgIpc) is 2.53. The number of allylic oxidation sites excluding steroid dienone is 3. The zero-order valence-electron chi connectivity index (χ0n) is 13.2. The van der Waals surface area contributed by atoms with Crippen LogP contribution in [0.5, 0.6) is 5.75 Å². The lowest BCUT2D eigenvalue weighted by molar-refractivity contribution is -0.130. The van der Waals surface area contributed by atoms with Gasteiger partial charge in [-0.25, -0.2) is 0 Å². The molecule has 0 spiro atoms. The number of hydrogen-bond acceptors (Lipinski definition) is 6. The first-order chi connectivity index (χ1) is 11.7. The maximum atomic E-state index is 13.0. The van der Waals surface area contributed by atoms with E-state index in [1.54, 1.807) is 0 Å². The van der Waals surface area contributed by atoms with Crippen molar-refractivity contribution < 1.29 is 29.7 Å². The molecule has 0 radical (unpaired) electrons. The maximum absolute atomic E-state index is 13.0. The molecule has 0 heterocycles. The third kappa shape index (κ3) is 1.72. The van der Waals surface area contributed by atoms with Crippen LogP contribution in [0.15, 0.2) is 53.1 Å². The van der Waals surface area contributed by atoms with Gasteiger partial charge in [0.1, 0.15) is 17.0 Å². The van der Waals surface area contributed by atoms with Gasteiger partial charge in [0.15, 0.2) is 17.3 Å². The van der Waals surface area contributed by atoms with Crippen LogP contribution in [0.4, 0.5) is 0 Å². The molecule has 4 rings (SSSR count). The number of aromatic hydroxyl groups is 1. The van der Waals surface area contributed by atoms with Crippen LogP contribution in [0.2, 0.25) is 0 Å². The van der Waals surface area contributed by atoms with Crippen molar-refractivity contribution >= 4 is 17.3 Å². The van der Waals surface area contributed by atoms with Crippen LogP contribution in [0.1, 0.15) is 34.1 Å². The van der Waals surface area contributed by atoms with Gasteiger partial charge >= 0.3 is 0 Å². The molecule has 2 atom stereocenters. The summed E-state index contributed by atoms with van der Waals surface area (Å²) in [4.78, 5) is 37.8. The minimum absolute atomic E-state index is 0.0607. The molecule has 0 fully saturated rings. The van der Waals surface area contributed by atoms with Crippen molar-refractivity contribution in [2.75, 3.05) is 0 Å². The molecular formula is C19H14O6. The zero-order chi connectivity index (χ0) is 18.1. The third-order valence-corrected chi connectivity index (χ3v) is 5.20. The van der Waals surface area contributed by atoms with Gasteiger partial charge in [-0.1, -0.05) is 18.2 Å². The Morgan fingerprint density at radius 1 is 1.08 bits per heavy atom. The van der Waals surface area contributed by atoms with E-state index in [0.717, 1.165) is 0 Å². The Bertz CT molecular complexity index is 980. The van der Waals surface area contributed by atoms with E-state index in [-0.39, 0.29) is 33.6 Å². The molecule has 3 aliphatic carbocycles. The van der Waals surface area contributed by atoms with Gasteiger partial charge in [0, 0.05) is 23.1 Å². The molecular weight excluding hydrogens is 324 g/mol. The SMILES string of the molecule is CC1=CC(=O)C[C@]2(O)C3=C(C=C[C@@]12O)C(=O)c1c(O)cccc1C3=O. The van der Waals surface area contributed by atoms with Crippen LogP contribution in [-0.2, 0) is 4.79 Å². The van der Waals surface area contributed by atoms with E-state index in [4.69, 9.17) is 0 Å². The van der Waals surface area contributed by atoms with Gasteiger partial charge in [0.25, 0.3) is 0 Å². The van der Waals surface area contributed by atoms with Gasteiger partial charge in [-0.2, -0.15) is 0 Å². The van der Waals surface area contributed by atoms with Crippen molar-refractivity contribution in [3.05, 3.63) is 64.3 Å². The lowest BCUT2D eigenvalue weighted by Crippen LogP contribution is -2.61. The number of benzene rings is 1. The summed E-state index contributed by atoms with van der Waals surface area (Å²) in [7, 11) is 0. The smallest absolute Gasteiger partial charge is 0.198 e. The van der Waals surface area contributed by atoms with E-state index in [9.17, 15) is 29.7 Å². The van der Waals surface area contributed by atoms with Crippen LogP contribution in [0.25, 0.3) is 0 Å². The van der Waals surface area contributed by atoms with E-state index in [1.165, 1.54) is 43.4 Å². The van der Waals surface area contributed by atoms with Gasteiger partial charge in [-0.15, -0.1) is 0 Å². The number of aliphatic hydroxyl groups is 2. The minimum atomic E-state index is -2.23. The standard InChI is InChI=1S/C19H14O6/c1-9-7-10(20)8-19(25)15-12(5-6-18(9,19)24)16(22)14-11(17(15)23)3-2-4-13(14)21/h2-7,21,24-25H,8H2,1H3/t18-,19+/m1/s1. The summed E-state index contributed by atoms with van der Waals surface area (Å²) >= 11 is 0. The molecule has 25 heavy (non-hydrogen) atoms. The summed E-state index contributed by atoms with van der Waals surface area (Å²) in [6, 6.07) is 4.08. The highest BCUT2D eigenvalue weighted by Gasteiger charge is 2.60. The fourth-order valence-corrected chi connectivity index (χ4v) is 3.91. The second-order valence-electron chi connectivity index (χ2n) is 6.58. The van der Waals surface area contributed by atoms with Gasteiger partial charge in [-0.05, 0) is 30.7 Å². The minimum Gasteiger partial charge on any atom is -0.507 e. The first kappa shape index (κ1) is 15.7. The van der Waals surface area contributed by atoms with Crippen molar-refractivity contribution in [2.24, 2.45) is 0 Å². The molecule has 0 aliphatic heterocycles. The summed E-state index contributed by atoms with van der Waals surface area (Å²) in [6.07, 6.45) is 3.20. The highest BCUT2D eigenvalue weighted by Crippen LogP contribution is 2.49. The Balaban J connectivity index is 2.03. The second kappa shape index (κ2) is 4.62. The van der Waals surface area contributed by atoms with Crippen LogP contribution >= 0.6 is 0 Å². The maximum Gasteiger partial charge on any atom is 0.198 e. The molecule has 0 unspecified atom stereocenters. The molecule has 0 aromatic heterocycles. The molecule has 3 aliphatic rings. The Morgan fingerprint density at radius 2 is 1.80 bits per heavy atom. The molecule has 1 aromatic rings. The molecule has 6 heteroatoms. The first-order valence-corrected chi connectivity index (χ1v) is 7.72. The second-order valence-corrected chi connectivity index (χ2v) is 6.58. The molecule has 126 valence electrons. The van der Waals surface area contributed by atoms with Crippen molar-refractivity contribution in [1.82, 2.24) is 0 Å². The Labute approximate surface area is 142 Å². The fourth-order valence-electron chi connectivity index (χ4n) is 3.91. The lowest BCUT2D eigenvalue weighted by Gasteiger charge is -2.48. The molecule has 0 bridgehead atoms. The number of phenols is 1. The van der Waals surface area contributed by atoms with Crippen LogP contribution in [-0.4, -0.2) is 43.9 Å². The monoisotopic (exact) mass is 338 g/mol. The molecule has 0 saturated carbocycles. The summed E-state index contributed by atoms with van der Waals surface area (Å²) in [5, 5.41) is 32.2. The number of phenolic OH excluding ortho intramolecular Hbond substituents is 1. The number of hydrogen-bond donors (Lipinski definition) is 3. The van der Waals surface area contributed by atoms with Gasteiger partial charge < -0.3 is 15.3 Å².